The summed E-state index contributed by atoms with van der Waals surface area (Å²) in [6.45, 7) is 4.02. The summed E-state index contributed by atoms with van der Waals surface area (Å²) in [6, 6.07) is 0. The first-order valence-electron chi connectivity index (χ1n) is 3.52. The molecule has 0 aliphatic carbocycles. The molecule has 0 rings (SSSR count). The fraction of sp³-hybridized carbons (Fsp3) is 0.857. The third kappa shape index (κ3) is 7.85. The molecular formula is C7H16N2S. The predicted octanol–water partition coefficient (Wildman–Crippen LogP) is 0.875. The molecule has 0 spiro atoms. The highest BCUT2D eigenvalue weighted by atomic mass is 32.1. The van der Waals surface area contributed by atoms with Crippen LogP contribution in [0.25, 0.3) is 0 Å². The average molecular weight is 160 g/mol. The molecule has 10 heavy (non-hydrogen) atoms. The largest absolute Gasteiger partial charge is 0.380 e. The lowest BCUT2D eigenvalue weighted by Crippen LogP contribution is -2.23. The van der Waals surface area contributed by atoms with Gasteiger partial charge >= 0.3 is 0 Å². The van der Waals surface area contributed by atoms with E-state index in [1.165, 1.54) is 0 Å². The van der Waals surface area contributed by atoms with Crippen LogP contribution in [0.3, 0.4) is 0 Å². The third-order valence-electron chi connectivity index (χ3n) is 1.16. The van der Waals surface area contributed by atoms with Crippen molar-refractivity contribution in [3.8, 4) is 0 Å². The lowest BCUT2D eigenvalue weighted by Gasteiger charge is -2.09. The first-order valence-corrected chi connectivity index (χ1v) is 3.93. The molecule has 0 aliphatic rings. The van der Waals surface area contributed by atoms with Gasteiger partial charge in [0.05, 0.1) is 4.99 Å². The molecule has 0 aromatic carbocycles. The van der Waals surface area contributed by atoms with Crippen LogP contribution in [0, 0.1) is 0 Å². The molecule has 3 heteroatoms. The van der Waals surface area contributed by atoms with Crippen LogP contribution < -0.4 is 5.32 Å². The van der Waals surface area contributed by atoms with Crippen LogP contribution in [0.1, 0.15) is 13.3 Å². The van der Waals surface area contributed by atoms with Gasteiger partial charge in [-0.3, -0.25) is 0 Å². The molecule has 0 fully saturated rings. The Labute approximate surface area is 68.6 Å². The summed E-state index contributed by atoms with van der Waals surface area (Å²) >= 11 is 4.85. The SMILES string of the molecule is CC(=S)NCCCN(C)C. The van der Waals surface area contributed by atoms with Crippen LogP contribution in [0.2, 0.25) is 0 Å². The van der Waals surface area contributed by atoms with E-state index in [2.05, 4.69) is 24.3 Å². The van der Waals surface area contributed by atoms with Crippen molar-refractivity contribution < 1.29 is 0 Å². The first-order chi connectivity index (χ1) is 4.63. The quantitative estimate of drug-likeness (QED) is 0.485. The predicted molar refractivity (Wildman–Crippen MR) is 49.4 cm³/mol. The van der Waals surface area contributed by atoms with E-state index in [-0.39, 0.29) is 0 Å². The summed E-state index contributed by atoms with van der Waals surface area (Å²) < 4.78 is 0. The summed E-state index contributed by atoms with van der Waals surface area (Å²) in [5.41, 5.74) is 0. The Bertz CT molecular complexity index is 102. The maximum Gasteiger partial charge on any atom is 0.0721 e. The van der Waals surface area contributed by atoms with Gasteiger partial charge in [0.25, 0.3) is 0 Å². The Morgan fingerprint density at radius 3 is 2.50 bits per heavy atom. The molecule has 0 saturated carbocycles. The van der Waals surface area contributed by atoms with E-state index in [1.54, 1.807) is 0 Å². The maximum absolute atomic E-state index is 4.85. The molecule has 0 heterocycles. The fourth-order valence-corrected chi connectivity index (χ4v) is 0.762. The van der Waals surface area contributed by atoms with Gasteiger partial charge in [-0.2, -0.15) is 0 Å². The van der Waals surface area contributed by atoms with Gasteiger partial charge in [0.2, 0.25) is 0 Å². The molecule has 2 nitrogen and oxygen atoms in total. The van der Waals surface area contributed by atoms with Gasteiger partial charge in [-0.25, -0.2) is 0 Å². The van der Waals surface area contributed by atoms with E-state index in [0.29, 0.717) is 0 Å². The van der Waals surface area contributed by atoms with Crippen molar-refractivity contribution in [3.05, 3.63) is 0 Å². The van der Waals surface area contributed by atoms with E-state index in [0.717, 1.165) is 24.5 Å². The van der Waals surface area contributed by atoms with Crippen LogP contribution in [0.15, 0.2) is 0 Å². The lowest BCUT2D eigenvalue weighted by atomic mass is 10.4. The molecule has 0 unspecified atom stereocenters. The summed E-state index contributed by atoms with van der Waals surface area (Å²) in [5, 5.41) is 3.11. The summed E-state index contributed by atoms with van der Waals surface area (Å²) in [5.74, 6) is 0. The van der Waals surface area contributed by atoms with Gasteiger partial charge < -0.3 is 10.2 Å². The van der Waals surface area contributed by atoms with E-state index < -0.39 is 0 Å². The Balaban J connectivity index is 2.98. The Kier molecular flexibility index (Phi) is 5.54. The molecule has 1 N–H and O–H groups in total. The third-order valence-corrected chi connectivity index (χ3v) is 1.30. The van der Waals surface area contributed by atoms with Crippen molar-refractivity contribution in [1.82, 2.24) is 10.2 Å². The molecule has 0 aliphatic heterocycles. The topological polar surface area (TPSA) is 15.3 Å². The second-order valence-electron chi connectivity index (χ2n) is 2.64. The first kappa shape index (κ1) is 9.85. The monoisotopic (exact) mass is 160 g/mol. The zero-order valence-corrected chi connectivity index (χ0v) is 7.79. The summed E-state index contributed by atoms with van der Waals surface area (Å²) in [4.78, 5) is 3.05. The highest BCUT2D eigenvalue weighted by molar-refractivity contribution is 7.80. The van der Waals surface area contributed by atoms with Gasteiger partial charge in [-0.05, 0) is 34.0 Å². The number of nitrogens with zero attached hydrogens (tertiary/aromatic N) is 1. The average Bonchev–Trinajstić information content (AvgIpc) is 1.79. The van der Waals surface area contributed by atoms with Gasteiger partial charge in [0, 0.05) is 6.54 Å². The molecule has 0 saturated heterocycles. The van der Waals surface area contributed by atoms with Crippen LogP contribution in [0.4, 0.5) is 0 Å². The molecule has 0 radical (unpaired) electrons. The van der Waals surface area contributed by atoms with E-state index in [1.807, 2.05) is 6.92 Å². The van der Waals surface area contributed by atoms with E-state index in [9.17, 15) is 0 Å². The lowest BCUT2D eigenvalue weighted by molar-refractivity contribution is 0.400. The second kappa shape index (κ2) is 5.62. The molecule has 60 valence electrons. The molecule has 0 aromatic rings. The van der Waals surface area contributed by atoms with Gasteiger partial charge in [-0.1, -0.05) is 12.2 Å². The number of hydrogen-bond acceptors (Lipinski definition) is 2. The van der Waals surface area contributed by atoms with Crippen molar-refractivity contribution in [2.24, 2.45) is 0 Å². The zero-order chi connectivity index (χ0) is 7.98. The van der Waals surface area contributed by atoms with Crippen LogP contribution in [-0.4, -0.2) is 37.1 Å². The molecule has 0 aromatic heterocycles. The highest BCUT2D eigenvalue weighted by Gasteiger charge is 1.89. The minimum atomic E-state index is 0.888. The minimum absolute atomic E-state index is 0.888. The second-order valence-corrected chi connectivity index (χ2v) is 3.25. The van der Waals surface area contributed by atoms with Crippen molar-refractivity contribution in [2.75, 3.05) is 27.2 Å². The van der Waals surface area contributed by atoms with Gasteiger partial charge in [0.15, 0.2) is 0 Å². The van der Waals surface area contributed by atoms with Gasteiger partial charge in [0.1, 0.15) is 0 Å². The standard InChI is InChI=1S/C7H16N2S/c1-7(10)8-5-4-6-9(2)3/h4-6H2,1-3H3,(H,8,10). The molecule has 0 atom stereocenters. The fourth-order valence-electron chi connectivity index (χ4n) is 0.660. The van der Waals surface area contributed by atoms with Crippen molar-refractivity contribution in [1.29, 1.82) is 0 Å². The number of nitrogens with one attached hydrogen (secondary N) is 1. The Morgan fingerprint density at radius 2 is 2.10 bits per heavy atom. The Morgan fingerprint density at radius 1 is 1.50 bits per heavy atom. The van der Waals surface area contributed by atoms with Crippen molar-refractivity contribution in [3.63, 3.8) is 0 Å². The van der Waals surface area contributed by atoms with E-state index in [4.69, 9.17) is 12.2 Å². The van der Waals surface area contributed by atoms with Crippen LogP contribution >= 0.6 is 12.2 Å². The maximum atomic E-state index is 4.85. The zero-order valence-electron chi connectivity index (χ0n) is 6.98. The smallest absolute Gasteiger partial charge is 0.0721 e. The Hall–Kier alpha value is -0.150. The summed E-state index contributed by atoms with van der Waals surface area (Å²) in [6.07, 6.45) is 1.15. The van der Waals surface area contributed by atoms with Crippen LogP contribution in [-0.2, 0) is 0 Å². The molecule has 0 amide bonds. The molecular weight excluding hydrogens is 144 g/mol. The normalized spacial score (nSPS) is 10.0. The number of hydrogen-bond donors (Lipinski definition) is 1. The molecule has 0 bridgehead atoms. The number of thiocarbonyl (C=S) groups is 1. The highest BCUT2D eigenvalue weighted by Crippen LogP contribution is 1.80. The van der Waals surface area contributed by atoms with Gasteiger partial charge in [-0.15, -0.1) is 0 Å². The minimum Gasteiger partial charge on any atom is -0.380 e. The number of rotatable bonds is 4. The van der Waals surface area contributed by atoms with Crippen LogP contribution in [0.5, 0.6) is 0 Å². The van der Waals surface area contributed by atoms with E-state index >= 15 is 0 Å². The van der Waals surface area contributed by atoms with Crippen molar-refractivity contribution in [2.45, 2.75) is 13.3 Å². The van der Waals surface area contributed by atoms with Crippen molar-refractivity contribution >= 4 is 17.2 Å². The summed E-state index contributed by atoms with van der Waals surface area (Å²) in [7, 11) is 4.15.